The van der Waals surface area contributed by atoms with Crippen LogP contribution in [0.25, 0.3) is 0 Å². The Morgan fingerprint density at radius 2 is 2.10 bits per heavy atom. The number of carbonyl (C=O) groups is 1. The van der Waals surface area contributed by atoms with E-state index in [1.165, 1.54) is 18.3 Å². The number of hydrogen-bond donors (Lipinski definition) is 1. The normalized spacial score (nSPS) is 17.0. The average molecular weight is 312 g/mol. The van der Waals surface area contributed by atoms with Crippen molar-refractivity contribution in [3.63, 3.8) is 0 Å². The largest absolute Gasteiger partial charge is 0.380 e. The van der Waals surface area contributed by atoms with E-state index in [-0.39, 0.29) is 5.91 Å². The predicted octanol–water partition coefficient (Wildman–Crippen LogP) is 1.26. The molecule has 0 unspecified atom stereocenters. The zero-order valence-electron chi connectivity index (χ0n) is 12.8. The maximum Gasteiger partial charge on any atom is 0.223 e. The van der Waals surface area contributed by atoms with Crippen LogP contribution >= 0.6 is 11.3 Å². The zero-order valence-corrected chi connectivity index (χ0v) is 13.6. The van der Waals surface area contributed by atoms with Gasteiger partial charge in [-0.1, -0.05) is 0 Å². The Bertz CT molecular complexity index is 444. The van der Waals surface area contributed by atoms with Gasteiger partial charge in [0.1, 0.15) is 0 Å². The lowest BCUT2D eigenvalue weighted by molar-refractivity contribution is -0.114. The first-order valence-electron chi connectivity index (χ1n) is 7.42. The van der Waals surface area contributed by atoms with Crippen LogP contribution in [0.3, 0.4) is 0 Å². The summed E-state index contributed by atoms with van der Waals surface area (Å²) in [6, 6.07) is 0. The highest BCUT2D eigenvalue weighted by Gasteiger charge is 2.17. The number of thiazole rings is 1. The van der Waals surface area contributed by atoms with Crippen LogP contribution in [-0.4, -0.2) is 66.6 Å². The molecular formula is C14H24N4O2S. The van der Waals surface area contributed by atoms with Gasteiger partial charge in [0.15, 0.2) is 5.13 Å². The molecule has 0 aromatic carbocycles. The Hall–Kier alpha value is -1.02. The topological polar surface area (TPSA) is 57.7 Å². The van der Waals surface area contributed by atoms with E-state index >= 15 is 0 Å². The van der Waals surface area contributed by atoms with Crippen LogP contribution < -0.4 is 5.32 Å². The fraction of sp³-hybridized carbons (Fsp3) is 0.714. The van der Waals surface area contributed by atoms with Gasteiger partial charge in [0.2, 0.25) is 5.91 Å². The van der Waals surface area contributed by atoms with Gasteiger partial charge in [-0.15, -0.1) is 11.3 Å². The van der Waals surface area contributed by atoms with Crippen molar-refractivity contribution in [2.45, 2.75) is 20.4 Å². The molecule has 0 radical (unpaired) electrons. The number of piperazine rings is 1. The molecule has 0 aliphatic carbocycles. The molecule has 1 saturated heterocycles. The molecule has 1 aromatic heterocycles. The third kappa shape index (κ3) is 5.70. The first-order chi connectivity index (χ1) is 10.2. The molecule has 2 heterocycles. The molecule has 6 nitrogen and oxygen atoms in total. The maximum absolute atomic E-state index is 11.0. The number of ether oxygens (including phenoxy) is 1. The number of hydrogen-bond acceptors (Lipinski definition) is 6. The summed E-state index contributed by atoms with van der Waals surface area (Å²) < 4.78 is 5.39. The lowest BCUT2D eigenvalue weighted by atomic mass is 10.3. The molecule has 0 atom stereocenters. The molecule has 1 fully saturated rings. The minimum Gasteiger partial charge on any atom is -0.380 e. The molecule has 0 bridgehead atoms. The molecule has 7 heteroatoms. The highest BCUT2D eigenvalue weighted by Crippen LogP contribution is 2.17. The van der Waals surface area contributed by atoms with Crippen molar-refractivity contribution in [2.75, 3.05) is 51.3 Å². The van der Waals surface area contributed by atoms with E-state index in [1.54, 1.807) is 0 Å². The Morgan fingerprint density at radius 3 is 2.76 bits per heavy atom. The minimum atomic E-state index is -0.0705. The number of anilines is 1. The molecule has 2 rings (SSSR count). The number of rotatable bonds is 7. The fourth-order valence-electron chi connectivity index (χ4n) is 2.33. The summed E-state index contributed by atoms with van der Waals surface area (Å²) in [5.41, 5.74) is 1.03. The van der Waals surface area contributed by atoms with E-state index in [0.717, 1.165) is 58.2 Å². The highest BCUT2D eigenvalue weighted by atomic mass is 32.1. The summed E-state index contributed by atoms with van der Waals surface area (Å²) in [5, 5.41) is 5.43. The van der Waals surface area contributed by atoms with Crippen molar-refractivity contribution < 1.29 is 9.53 Å². The van der Waals surface area contributed by atoms with Crippen LogP contribution in [0.15, 0.2) is 5.38 Å². The van der Waals surface area contributed by atoms with E-state index in [1.807, 2.05) is 12.3 Å². The zero-order chi connectivity index (χ0) is 15.1. The summed E-state index contributed by atoms with van der Waals surface area (Å²) in [7, 11) is 0. The summed E-state index contributed by atoms with van der Waals surface area (Å²) in [4.78, 5) is 20.3. The third-order valence-corrected chi connectivity index (χ3v) is 4.25. The number of aromatic nitrogens is 1. The summed E-state index contributed by atoms with van der Waals surface area (Å²) in [6.45, 7) is 11.3. The van der Waals surface area contributed by atoms with Crippen molar-refractivity contribution in [1.82, 2.24) is 14.8 Å². The first kappa shape index (κ1) is 16.4. The molecular weight excluding hydrogens is 288 g/mol. The standard InChI is InChI=1S/C14H24N4O2S/c1-3-20-9-8-17-4-6-18(7-5-17)10-13-11-21-14(16-13)15-12(2)19/h11H,3-10H2,1-2H3,(H,15,16,19). The van der Waals surface area contributed by atoms with Gasteiger partial charge < -0.3 is 10.1 Å². The van der Waals surface area contributed by atoms with E-state index < -0.39 is 0 Å². The van der Waals surface area contributed by atoms with Gasteiger partial charge in [-0.05, 0) is 6.92 Å². The smallest absolute Gasteiger partial charge is 0.223 e. The van der Waals surface area contributed by atoms with Gasteiger partial charge in [-0.25, -0.2) is 4.98 Å². The Labute approximate surface area is 130 Å². The maximum atomic E-state index is 11.0. The quantitative estimate of drug-likeness (QED) is 0.768. The number of nitrogens with zero attached hydrogens (tertiary/aromatic N) is 3. The molecule has 0 saturated carbocycles. The van der Waals surface area contributed by atoms with E-state index in [0.29, 0.717) is 5.13 Å². The van der Waals surface area contributed by atoms with Crippen LogP contribution in [0, 0.1) is 0 Å². The van der Waals surface area contributed by atoms with E-state index in [9.17, 15) is 4.79 Å². The Balaban J connectivity index is 1.70. The number of amides is 1. The van der Waals surface area contributed by atoms with Gasteiger partial charge >= 0.3 is 0 Å². The molecule has 1 aliphatic rings. The van der Waals surface area contributed by atoms with Gasteiger partial charge in [-0.3, -0.25) is 14.6 Å². The Kier molecular flexibility index (Phi) is 6.56. The number of nitrogens with one attached hydrogen (secondary N) is 1. The van der Waals surface area contributed by atoms with Crippen LogP contribution in [0.5, 0.6) is 0 Å². The number of carbonyl (C=O) groups excluding carboxylic acids is 1. The van der Waals surface area contributed by atoms with Gasteiger partial charge in [0.05, 0.1) is 12.3 Å². The van der Waals surface area contributed by atoms with Crippen LogP contribution in [0.4, 0.5) is 5.13 Å². The molecule has 1 N–H and O–H groups in total. The minimum absolute atomic E-state index is 0.0705. The van der Waals surface area contributed by atoms with Crippen LogP contribution in [0.1, 0.15) is 19.5 Å². The van der Waals surface area contributed by atoms with E-state index in [4.69, 9.17) is 4.74 Å². The molecule has 118 valence electrons. The van der Waals surface area contributed by atoms with Crippen LogP contribution in [-0.2, 0) is 16.1 Å². The SMILES string of the molecule is CCOCCN1CCN(Cc2csc(NC(C)=O)n2)CC1. The third-order valence-electron chi connectivity index (χ3n) is 3.44. The molecule has 1 aromatic rings. The second-order valence-electron chi connectivity index (χ2n) is 5.14. The average Bonchev–Trinajstić information content (AvgIpc) is 2.87. The summed E-state index contributed by atoms with van der Waals surface area (Å²) >= 11 is 1.48. The molecule has 1 aliphatic heterocycles. The summed E-state index contributed by atoms with van der Waals surface area (Å²) in [6.07, 6.45) is 0. The highest BCUT2D eigenvalue weighted by molar-refractivity contribution is 7.13. The summed E-state index contributed by atoms with van der Waals surface area (Å²) in [5.74, 6) is -0.0705. The van der Waals surface area contributed by atoms with Crippen molar-refractivity contribution in [3.8, 4) is 0 Å². The van der Waals surface area contributed by atoms with Gasteiger partial charge in [0, 0.05) is 58.2 Å². The van der Waals surface area contributed by atoms with Crippen molar-refractivity contribution in [3.05, 3.63) is 11.1 Å². The lowest BCUT2D eigenvalue weighted by Crippen LogP contribution is -2.46. The Morgan fingerprint density at radius 1 is 1.38 bits per heavy atom. The van der Waals surface area contributed by atoms with Crippen molar-refractivity contribution >= 4 is 22.4 Å². The second-order valence-corrected chi connectivity index (χ2v) is 6.00. The monoisotopic (exact) mass is 312 g/mol. The van der Waals surface area contributed by atoms with Gasteiger partial charge in [0.25, 0.3) is 0 Å². The lowest BCUT2D eigenvalue weighted by Gasteiger charge is -2.34. The van der Waals surface area contributed by atoms with Crippen molar-refractivity contribution in [1.29, 1.82) is 0 Å². The van der Waals surface area contributed by atoms with Crippen LogP contribution in [0.2, 0.25) is 0 Å². The van der Waals surface area contributed by atoms with E-state index in [2.05, 4.69) is 20.1 Å². The van der Waals surface area contributed by atoms with Crippen molar-refractivity contribution in [2.24, 2.45) is 0 Å². The molecule has 21 heavy (non-hydrogen) atoms. The predicted molar refractivity (Wildman–Crippen MR) is 84.6 cm³/mol. The first-order valence-corrected chi connectivity index (χ1v) is 8.29. The fourth-order valence-corrected chi connectivity index (χ4v) is 3.07. The molecule has 1 amide bonds. The second kappa shape index (κ2) is 8.43. The van der Waals surface area contributed by atoms with Gasteiger partial charge in [-0.2, -0.15) is 0 Å². The molecule has 0 spiro atoms.